The van der Waals surface area contributed by atoms with Crippen LogP contribution in [-0.4, -0.2) is 15.3 Å². The highest BCUT2D eigenvalue weighted by molar-refractivity contribution is 7.09. The summed E-state index contributed by atoms with van der Waals surface area (Å²) in [5.41, 5.74) is 1.44. The minimum Gasteiger partial charge on any atom is -0.300 e. The molecule has 0 aliphatic rings. The minimum atomic E-state index is -0.143. The molecule has 18 heavy (non-hydrogen) atoms. The number of rotatable bonds is 3. The van der Waals surface area contributed by atoms with E-state index in [4.69, 9.17) is 5.26 Å². The van der Waals surface area contributed by atoms with Crippen molar-refractivity contribution in [1.29, 1.82) is 5.26 Å². The van der Waals surface area contributed by atoms with Gasteiger partial charge < -0.3 is 5.32 Å². The van der Waals surface area contributed by atoms with E-state index < -0.39 is 0 Å². The number of hydrogen-bond donors (Lipinski definition) is 1. The molecule has 0 aliphatic carbocycles. The highest BCUT2D eigenvalue weighted by Crippen LogP contribution is 2.11. The van der Waals surface area contributed by atoms with E-state index in [0.29, 0.717) is 16.5 Å². The van der Waals surface area contributed by atoms with Crippen LogP contribution in [0.25, 0.3) is 0 Å². The SMILES string of the molecule is Cc1nsc(NC(=O)Cc2ccc(C#N)cc2)n1. The monoisotopic (exact) mass is 258 g/mol. The Morgan fingerprint density at radius 2 is 2.17 bits per heavy atom. The molecule has 0 bridgehead atoms. The average Bonchev–Trinajstić information content (AvgIpc) is 2.75. The maximum absolute atomic E-state index is 11.7. The topological polar surface area (TPSA) is 78.7 Å². The van der Waals surface area contributed by atoms with E-state index in [2.05, 4.69) is 14.7 Å². The van der Waals surface area contributed by atoms with Crippen LogP contribution in [0, 0.1) is 18.3 Å². The molecule has 0 saturated carbocycles. The van der Waals surface area contributed by atoms with Gasteiger partial charge in [-0.1, -0.05) is 12.1 Å². The molecule has 0 saturated heterocycles. The van der Waals surface area contributed by atoms with Gasteiger partial charge in [0.2, 0.25) is 11.0 Å². The lowest BCUT2D eigenvalue weighted by Gasteiger charge is -2.01. The molecule has 1 aromatic carbocycles. The van der Waals surface area contributed by atoms with Gasteiger partial charge in [-0.05, 0) is 24.6 Å². The lowest BCUT2D eigenvalue weighted by Crippen LogP contribution is -2.14. The number of hydrogen-bond acceptors (Lipinski definition) is 5. The second-order valence-electron chi connectivity index (χ2n) is 3.68. The summed E-state index contributed by atoms with van der Waals surface area (Å²) in [4.78, 5) is 15.8. The molecule has 90 valence electrons. The average molecular weight is 258 g/mol. The van der Waals surface area contributed by atoms with Crippen LogP contribution in [0.3, 0.4) is 0 Å². The second kappa shape index (κ2) is 5.38. The second-order valence-corrected chi connectivity index (χ2v) is 4.43. The number of aryl methyl sites for hydroxylation is 1. The highest BCUT2D eigenvalue weighted by atomic mass is 32.1. The molecular formula is C12H10N4OS. The van der Waals surface area contributed by atoms with Gasteiger partial charge in [-0.3, -0.25) is 4.79 Å². The van der Waals surface area contributed by atoms with Crippen molar-refractivity contribution in [3.63, 3.8) is 0 Å². The number of nitriles is 1. The Bertz CT molecular complexity index is 597. The van der Waals surface area contributed by atoms with Crippen molar-refractivity contribution in [1.82, 2.24) is 9.36 Å². The van der Waals surface area contributed by atoms with Crippen molar-refractivity contribution in [2.24, 2.45) is 0 Å². The number of anilines is 1. The third-order valence-corrected chi connectivity index (χ3v) is 2.94. The summed E-state index contributed by atoms with van der Waals surface area (Å²) in [5, 5.41) is 11.9. The molecule has 0 spiro atoms. The van der Waals surface area contributed by atoms with Crippen molar-refractivity contribution in [3.8, 4) is 6.07 Å². The van der Waals surface area contributed by atoms with Crippen molar-refractivity contribution in [2.75, 3.05) is 5.32 Å². The van der Waals surface area contributed by atoms with Gasteiger partial charge in [-0.2, -0.15) is 9.64 Å². The molecule has 0 aliphatic heterocycles. The van der Waals surface area contributed by atoms with Gasteiger partial charge in [-0.25, -0.2) is 4.98 Å². The third kappa shape index (κ3) is 3.12. The van der Waals surface area contributed by atoms with Crippen molar-refractivity contribution in [2.45, 2.75) is 13.3 Å². The predicted molar refractivity (Wildman–Crippen MR) is 68.1 cm³/mol. The van der Waals surface area contributed by atoms with Crippen LogP contribution < -0.4 is 5.32 Å². The first-order valence-electron chi connectivity index (χ1n) is 5.26. The molecule has 1 heterocycles. The van der Waals surface area contributed by atoms with Crippen LogP contribution in [0.2, 0.25) is 0 Å². The smallest absolute Gasteiger partial charge is 0.230 e. The maximum atomic E-state index is 11.7. The molecule has 1 aromatic heterocycles. The summed E-state index contributed by atoms with van der Waals surface area (Å²) in [6.07, 6.45) is 0.254. The van der Waals surface area contributed by atoms with E-state index >= 15 is 0 Å². The van der Waals surface area contributed by atoms with Gasteiger partial charge in [0, 0.05) is 11.5 Å². The Kier molecular flexibility index (Phi) is 3.65. The summed E-state index contributed by atoms with van der Waals surface area (Å²) >= 11 is 1.16. The first-order chi connectivity index (χ1) is 8.67. The number of amides is 1. The molecule has 2 rings (SSSR count). The number of nitrogens with one attached hydrogen (secondary N) is 1. The number of carbonyl (C=O) groups is 1. The summed E-state index contributed by atoms with van der Waals surface area (Å²) in [7, 11) is 0. The molecule has 0 atom stereocenters. The number of aromatic nitrogens is 2. The molecule has 0 fully saturated rings. The molecule has 0 unspecified atom stereocenters. The van der Waals surface area contributed by atoms with Crippen LogP contribution >= 0.6 is 11.5 Å². The number of nitrogens with zero attached hydrogens (tertiary/aromatic N) is 3. The fraction of sp³-hybridized carbons (Fsp3) is 0.167. The van der Waals surface area contributed by atoms with E-state index in [9.17, 15) is 4.79 Å². The van der Waals surface area contributed by atoms with E-state index in [1.165, 1.54) is 0 Å². The molecular weight excluding hydrogens is 248 g/mol. The van der Waals surface area contributed by atoms with Gasteiger partial charge >= 0.3 is 0 Å². The molecule has 6 heteroatoms. The summed E-state index contributed by atoms with van der Waals surface area (Å²) in [6, 6.07) is 8.95. The molecule has 5 nitrogen and oxygen atoms in total. The van der Waals surface area contributed by atoms with Crippen LogP contribution in [-0.2, 0) is 11.2 Å². The first kappa shape index (κ1) is 12.2. The van der Waals surface area contributed by atoms with E-state index in [1.807, 2.05) is 6.07 Å². The fourth-order valence-corrected chi connectivity index (χ4v) is 1.99. The highest BCUT2D eigenvalue weighted by Gasteiger charge is 2.07. The lowest BCUT2D eigenvalue weighted by molar-refractivity contribution is -0.115. The number of benzene rings is 1. The normalized spacial score (nSPS) is 9.78. The molecule has 1 amide bonds. The third-order valence-electron chi connectivity index (χ3n) is 2.22. The fourth-order valence-electron chi connectivity index (χ4n) is 1.39. The Labute approximate surface area is 108 Å². The van der Waals surface area contributed by atoms with E-state index in [-0.39, 0.29) is 12.3 Å². The van der Waals surface area contributed by atoms with Gasteiger partial charge in [0.1, 0.15) is 5.82 Å². The Balaban J connectivity index is 1.96. The largest absolute Gasteiger partial charge is 0.300 e. The summed E-state index contributed by atoms with van der Waals surface area (Å²) in [5.74, 6) is 0.504. The van der Waals surface area contributed by atoms with Crippen molar-refractivity contribution >= 4 is 22.6 Å². The first-order valence-corrected chi connectivity index (χ1v) is 6.04. The zero-order valence-corrected chi connectivity index (χ0v) is 10.5. The van der Waals surface area contributed by atoms with Crippen LogP contribution in [0.15, 0.2) is 24.3 Å². The van der Waals surface area contributed by atoms with Gasteiger partial charge in [0.25, 0.3) is 0 Å². The quantitative estimate of drug-likeness (QED) is 0.912. The standard InChI is InChI=1S/C12H10N4OS/c1-8-14-12(18-16-8)15-11(17)6-9-2-4-10(7-13)5-3-9/h2-5H,6H2,1H3,(H,14,15,16,17). The van der Waals surface area contributed by atoms with Crippen molar-refractivity contribution < 1.29 is 4.79 Å². The summed E-state index contributed by atoms with van der Waals surface area (Å²) in [6.45, 7) is 1.77. The zero-order chi connectivity index (χ0) is 13.0. The van der Waals surface area contributed by atoms with Crippen molar-refractivity contribution in [3.05, 3.63) is 41.2 Å². The van der Waals surface area contributed by atoms with E-state index in [1.54, 1.807) is 31.2 Å². The minimum absolute atomic E-state index is 0.143. The molecule has 2 aromatic rings. The molecule has 0 radical (unpaired) electrons. The Morgan fingerprint density at radius 3 is 2.72 bits per heavy atom. The Morgan fingerprint density at radius 1 is 1.44 bits per heavy atom. The summed E-state index contributed by atoms with van der Waals surface area (Å²) < 4.78 is 3.98. The lowest BCUT2D eigenvalue weighted by atomic mass is 10.1. The van der Waals surface area contributed by atoms with Crippen LogP contribution in [0.1, 0.15) is 17.0 Å². The maximum Gasteiger partial charge on any atom is 0.230 e. The van der Waals surface area contributed by atoms with Crippen LogP contribution in [0.5, 0.6) is 0 Å². The number of carbonyl (C=O) groups excluding carboxylic acids is 1. The van der Waals surface area contributed by atoms with Crippen LogP contribution in [0.4, 0.5) is 5.13 Å². The van der Waals surface area contributed by atoms with E-state index in [0.717, 1.165) is 17.1 Å². The Hall–Kier alpha value is -2.26. The van der Waals surface area contributed by atoms with Gasteiger partial charge in [-0.15, -0.1) is 0 Å². The van der Waals surface area contributed by atoms with Gasteiger partial charge in [0.05, 0.1) is 18.1 Å². The molecule has 1 N–H and O–H groups in total. The van der Waals surface area contributed by atoms with Gasteiger partial charge in [0.15, 0.2) is 0 Å². The predicted octanol–water partition coefficient (Wildman–Crippen LogP) is 1.90. The zero-order valence-electron chi connectivity index (χ0n) is 9.67.